The molecule has 0 bridgehead atoms. The van der Waals surface area contributed by atoms with Gasteiger partial charge in [0.2, 0.25) is 0 Å². The zero-order valence-corrected chi connectivity index (χ0v) is 15.2. The molecule has 0 radical (unpaired) electrons. The minimum absolute atomic E-state index is 0.0829. The van der Waals surface area contributed by atoms with Crippen molar-refractivity contribution in [3.05, 3.63) is 89.5 Å². The summed E-state index contributed by atoms with van der Waals surface area (Å²) in [7, 11) is 0. The van der Waals surface area contributed by atoms with Gasteiger partial charge < -0.3 is 5.32 Å². The molecule has 128 valence electrons. The van der Waals surface area contributed by atoms with Crippen LogP contribution in [0.1, 0.15) is 21.5 Å². The van der Waals surface area contributed by atoms with Crippen LogP contribution < -0.4 is 5.32 Å². The van der Waals surface area contributed by atoms with Gasteiger partial charge in [0.1, 0.15) is 5.01 Å². The first kappa shape index (κ1) is 16.5. The van der Waals surface area contributed by atoms with Crippen molar-refractivity contribution < 1.29 is 4.79 Å². The molecule has 0 saturated heterocycles. The van der Waals surface area contributed by atoms with Crippen LogP contribution in [0.4, 0.5) is 0 Å². The Morgan fingerprint density at radius 3 is 2.50 bits per heavy atom. The molecule has 3 nitrogen and oxygen atoms in total. The first-order chi connectivity index (χ1) is 12.7. The second-order valence-corrected chi connectivity index (χ2v) is 7.23. The van der Waals surface area contributed by atoms with E-state index in [4.69, 9.17) is 4.98 Å². The lowest BCUT2D eigenvalue weighted by Gasteiger charge is -2.09. The van der Waals surface area contributed by atoms with Crippen LogP contribution in [0.25, 0.3) is 20.8 Å². The molecule has 4 heteroatoms. The Balaban J connectivity index is 1.60. The number of carbonyl (C=O) groups excluding carboxylic acids is 1. The number of nitrogens with one attached hydrogen (secondary N) is 1. The lowest BCUT2D eigenvalue weighted by Crippen LogP contribution is -2.23. The molecule has 0 spiro atoms. The van der Waals surface area contributed by atoms with Gasteiger partial charge in [0.05, 0.1) is 10.2 Å². The van der Waals surface area contributed by atoms with E-state index in [1.54, 1.807) is 11.3 Å². The molecule has 0 unspecified atom stereocenters. The van der Waals surface area contributed by atoms with Gasteiger partial charge in [0.15, 0.2) is 0 Å². The Labute approximate surface area is 156 Å². The number of hydrogen-bond acceptors (Lipinski definition) is 3. The summed E-state index contributed by atoms with van der Waals surface area (Å²) in [6.45, 7) is 2.56. The second-order valence-electron chi connectivity index (χ2n) is 6.20. The van der Waals surface area contributed by atoms with Gasteiger partial charge in [-0.25, -0.2) is 4.98 Å². The first-order valence-electron chi connectivity index (χ1n) is 8.49. The standard InChI is InChI=1S/C22H18N2OS/c1-15-10-12-16(13-11-15)14-23-21(25)17-6-2-3-7-18(17)22-24-19-8-4-5-9-20(19)26-22/h2-13H,14H2,1H3,(H,23,25). The fourth-order valence-corrected chi connectivity index (χ4v) is 3.84. The Hall–Kier alpha value is -2.98. The molecule has 0 aliphatic carbocycles. The van der Waals surface area contributed by atoms with Crippen LogP contribution in [0.15, 0.2) is 72.8 Å². The van der Waals surface area contributed by atoms with E-state index >= 15 is 0 Å². The van der Waals surface area contributed by atoms with E-state index in [2.05, 4.69) is 30.4 Å². The fourth-order valence-electron chi connectivity index (χ4n) is 2.84. The molecule has 0 aliphatic rings. The summed E-state index contributed by atoms with van der Waals surface area (Å²) in [5.41, 5.74) is 4.78. The largest absolute Gasteiger partial charge is 0.348 e. The number of hydrogen-bond donors (Lipinski definition) is 1. The van der Waals surface area contributed by atoms with Gasteiger partial charge in [-0.1, -0.05) is 60.2 Å². The quantitative estimate of drug-likeness (QED) is 0.545. The third-order valence-corrected chi connectivity index (χ3v) is 5.34. The highest BCUT2D eigenvalue weighted by Crippen LogP contribution is 2.32. The summed E-state index contributed by atoms with van der Waals surface area (Å²) in [6, 6.07) is 23.8. The summed E-state index contributed by atoms with van der Waals surface area (Å²) < 4.78 is 1.12. The smallest absolute Gasteiger partial charge is 0.252 e. The molecule has 1 amide bonds. The molecule has 3 aromatic carbocycles. The maximum atomic E-state index is 12.8. The number of benzene rings is 3. The number of thiazole rings is 1. The topological polar surface area (TPSA) is 42.0 Å². The number of carbonyl (C=O) groups is 1. The SMILES string of the molecule is Cc1ccc(CNC(=O)c2ccccc2-c2nc3ccccc3s2)cc1. The van der Waals surface area contributed by atoms with Gasteiger partial charge in [-0.15, -0.1) is 11.3 Å². The van der Waals surface area contributed by atoms with Crippen LogP contribution in [0, 0.1) is 6.92 Å². The first-order valence-corrected chi connectivity index (χ1v) is 9.31. The van der Waals surface area contributed by atoms with E-state index in [9.17, 15) is 4.79 Å². The molecule has 0 aliphatic heterocycles. The molecule has 1 heterocycles. The number of nitrogens with zero attached hydrogens (tertiary/aromatic N) is 1. The number of para-hydroxylation sites is 1. The average Bonchev–Trinajstić information content (AvgIpc) is 3.11. The van der Waals surface area contributed by atoms with Crippen molar-refractivity contribution in [3.63, 3.8) is 0 Å². The second kappa shape index (κ2) is 7.10. The Morgan fingerprint density at radius 1 is 0.962 bits per heavy atom. The van der Waals surface area contributed by atoms with Crippen LogP contribution in [0.3, 0.4) is 0 Å². The normalized spacial score (nSPS) is 10.8. The molecule has 4 rings (SSSR count). The van der Waals surface area contributed by atoms with Gasteiger partial charge in [0, 0.05) is 17.7 Å². The van der Waals surface area contributed by atoms with Crippen molar-refractivity contribution in [1.82, 2.24) is 10.3 Å². The minimum atomic E-state index is -0.0829. The third-order valence-electron chi connectivity index (χ3n) is 4.27. The molecule has 0 atom stereocenters. The van der Waals surface area contributed by atoms with Crippen molar-refractivity contribution in [2.75, 3.05) is 0 Å². The van der Waals surface area contributed by atoms with Crippen molar-refractivity contribution in [1.29, 1.82) is 0 Å². The average molecular weight is 358 g/mol. The maximum absolute atomic E-state index is 12.8. The molecule has 26 heavy (non-hydrogen) atoms. The molecule has 1 N–H and O–H groups in total. The third kappa shape index (κ3) is 3.37. The van der Waals surface area contributed by atoms with Gasteiger partial charge in [-0.05, 0) is 30.7 Å². The monoisotopic (exact) mass is 358 g/mol. The summed E-state index contributed by atoms with van der Waals surface area (Å²) in [6.07, 6.45) is 0. The number of aryl methyl sites for hydroxylation is 1. The number of fused-ring (bicyclic) bond motifs is 1. The van der Waals surface area contributed by atoms with E-state index in [1.165, 1.54) is 5.56 Å². The number of amides is 1. The molecule has 1 aromatic heterocycles. The zero-order valence-electron chi connectivity index (χ0n) is 14.4. The molecule has 0 fully saturated rings. The van der Waals surface area contributed by atoms with Crippen LogP contribution in [-0.2, 0) is 6.54 Å². The maximum Gasteiger partial charge on any atom is 0.252 e. The Bertz CT molecular complexity index is 1030. The predicted molar refractivity (Wildman–Crippen MR) is 107 cm³/mol. The van der Waals surface area contributed by atoms with E-state index in [0.29, 0.717) is 12.1 Å². The highest BCUT2D eigenvalue weighted by atomic mass is 32.1. The molecular weight excluding hydrogens is 340 g/mol. The van der Waals surface area contributed by atoms with Gasteiger partial charge in [0.25, 0.3) is 5.91 Å². The molecular formula is C22H18N2OS. The van der Waals surface area contributed by atoms with Gasteiger partial charge in [-0.2, -0.15) is 0 Å². The van der Waals surface area contributed by atoms with Crippen LogP contribution in [0.2, 0.25) is 0 Å². The Kier molecular flexibility index (Phi) is 4.50. The van der Waals surface area contributed by atoms with Crippen molar-refractivity contribution in [2.45, 2.75) is 13.5 Å². The van der Waals surface area contributed by atoms with Crippen molar-refractivity contribution in [3.8, 4) is 10.6 Å². The summed E-state index contributed by atoms with van der Waals surface area (Å²) in [5.74, 6) is -0.0829. The summed E-state index contributed by atoms with van der Waals surface area (Å²) in [4.78, 5) is 17.5. The minimum Gasteiger partial charge on any atom is -0.348 e. The zero-order chi connectivity index (χ0) is 17.9. The van der Waals surface area contributed by atoms with Crippen LogP contribution in [-0.4, -0.2) is 10.9 Å². The van der Waals surface area contributed by atoms with Crippen molar-refractivity contribution >= 4 is 27.5 Å². The summed E-state index contributed by atoms with van der Waals surface area (Å²) >= 11 is 1.61. The van der Waals surface area contributed by atoms with Crippen LogP contribution >= 0.6 is 11.3 Å². The lowest BCUT2D eigenvalue weighted by atomic mass is 10.1. The number of rotatable bonds is 4. The van der Waals surface area contributed by atoms with E-state index < -0.39 is 0 Å². The Morgan fingerprint density at radius 2 is 1.69 bits per heavy atom. The van der Waals surface area contributed by atoms with Crippen LogP contribution in [0.5, 0.6) is 0 Å². The van der Waals surface area contributed by atoms with E-state index in [-0.39, 0.29) is 5.91 Å². The van der Waals surface area contributed by atoms with Gasteiger partial charge in [-0.3, -0.25) is 4.79 Å². The van der Waals surface area contributed by atoms with E-state index in [1.807, 2.05) is 54.6 Å². The highest BCUT2D eigenvalue weighted by Gasteiger charge is 2.15. The van der Waals surface area contributed by atoms with Crippen molar-refractivity contribution in [2.24, 2.45) is 0 Å². The predicted octanol–water partition coefficient (Wildman–Crippen LogP) is 5.20. The van der Waals surface area contributed by atoms with Gasteiger partial charge >= 0.3 is 0 Å². The highest BCUT2D eigenvalue weighted by molar-refractivity contribution is 7.21. The molecule has 0 saturated carbocycles. The van der Waals surface area contributed by atoms with E-state index in [0.717, 1.165) is 26.4 Å². The number of aromatic nitrogens is 1. The lowest BCUT2D eigenvalue weighted by molar-refractivity contribution is 0.0951. The molecule has 4 aromatic rings. The fraction of sp³-hybridized carbons (Fsp3) is 0.0909. The summed E-state index contributed by atoms with van der Waals surface area (Å²) in [5, 5.41) is 3.88.